The molecule has 0 aromatic carbocycles. The summed E-state index contributed by atoms with van der Waals surface area (Å²) in [6.07, 6.45) is 2.46. The van der Waals surface area contributed by atoms with E-state index in [9.17, 15) is 9.59 Å². The molecule has 1 aliphatic rings. The lowest BCUT2D eigenvalue weighted by Gasteiger charge is -2.35. The Hall–Kier alpha value is -1.10. The molecule has 5 heteroatoms. The molecule has 1 saturated heterocycles. The Balaban J connectivity index is 2.55. The van der Waals surface area contributed by atoms with E-state index in [2.05, 4.69) is 10.6 Å². The summed E-state index contributed by atoms with van der Waals surface area (Å²) in [5.41, 5.74) is 4.68. The minimum absolute atomic E-state index is 0.0368. The number of rotatable bonds is 4. The van der Waals surface area contributed by atoms with Gasteiger partial charge in [0, 0.05) is 0 Å². The van der Waals surface area contributed by atoms with Crippen LogP contribution in [-0.2, 0) is 9.59 Å². The fraction of sp³-hybridized carbons (Fsp3) is 0.800. The quantitative estimate of drug-likeness (QED) is 0.581. The lowest BCUT2D eigenvalue weighted by Crippen LogP contribution is -2.48. The molecule has 0 aromatic rings. The molecule has 0 aromatic heterocycles. The topological polar surface area (TPSA) is 84.2 Å². The first-order valence-corrected chi connectivity index (χ1v) is 5.38. The Morgan fingerprint density at radius 2 is 2.00 bits per heavy atom. The number of nitrogens with one attached hydrogen (secondary N) is 2. The van der Waals surface area contributed by atoms with Gasteiger partial charge in [0.1, 0.15) is 0 Å². The molecule has 1 heterocycles. The number of piperidine rings is 1. The Bertz CT molecular complexity index is 247. The maximum atomic E-state index is 11.9. The molecule has 1 fully saturated rings. The van der Waals surface area contributed by atoms with Crippen molar-refractivity contribution in [2.45, 2.75) is 26.2 Å². The molecule has 1 rings (SSSR count). The maximum absolute atomic E-state index is 11.9. The van der Waals surface area contributed by atoms with E-state index in [1.807, 2.05) is 6.92 Å². The van der Waals surface area contributed by atoms with Gasteiger partial charge in [-0.1, -0.05) is 6.92 Å². The van der Waals surface area contributed by atoms with Crippen LogP contribution in [0.4, 0.5) is 0 Å². The molecule has 4 N–H and O–H groups in total. The summed E-state index contributed by atoms with van der Waals surface area (Å²) < 4.78 is 0. The summed E-state index contributed by atoms with van der Waals surface area (Å²) in [6.45, 7) is 3.67. The number of hydrogen-bond donors (Lipinski definition) is 3. The van der Waals surface area contributed by atoms with Gasteiger partial charge < -0.3 is 16.4 Å². The Morgan fingerprint density at radius 1 is 1.40 bits per heavy atom. The molecule has 15 heavy (non-hydrogen) atoms. The lowest BCUT2D eigenvalue weighted by molar-refractivity contribution is -0.134. The van der Waals surface area contributed by atoms with Crippen molar-refractivity contribution in [1.29, 1.82) is 0 Å². The fourth-order valence-electron chi connectivity index (χ4n) is 2.00. The van der Waals surface area contributed by atoms with E-state index in [-0.39, 0.29) is 17.9 Å². The first-order chi connectivity index (χ1) is 7.10. The van der Waals surface area contributed by atoms with E-state index in [1.54, 1.807) is 0 Å². The van der Waals surface area contributed by atoms with Crippen LogP contribution in [-0.4, -0.2) is 31.4 Å². The fourth-order valence-corrected chi connectivity index (χ4v) is 2.00. The predicted octanol–water partition coefficient (Wildman–Crippen LogP) is -0.632. The maximum Gasteiger partial charge on any atom is 0.236 e. The van der Waals surface area contributed by atoms with Crippen LogP contribution in [0.5, 0.6) is 0 Å². The van der Waals surface area contributed by atoms with E-state index in [0.717, 1.165) is 32.4 Å². The highest BCUT2D eigenvalue weighted by Crippen LogP contribution is 2.32. The van der Waals surface area contributed by atoms with E-state index < -0.39 is 5.91 Å². The van der Waals surface area contributed by atoms with Crippen molar-refractivity contribution in [2.75, 3.05) is 19.6 Å². The van der Waals surface area contributed by atoms with Crippen molar-refractivity contribution in [3.8, 4) is 0 Å². The molecule has 2 amide bonds. The SMILES string of the molecule is CCC1(C(=O)NCC(N)=O)CCNCC1. The highest BCUT2D eigenvalue weighted by atomic mass is 16.2. The molecule has 1 aliphatic heterocycles. The van der Waals surface area contributed by atoms with Crippen LogP contribution < -0.4 is 16.4 Å². The van der Waals surface area contributed by atoms with Crippen LogP contribution in [0.2, 0.25) is 0 Å². The van der Waals surface area contributed by atoms with Gasteiger partial charge in [0.15, 0.2) is 0 Å². The van der Waals surface area contributed by atoms with Gasteiger partial charge in [0.2, 0.25) is 11.8 Å². The van der Waals surface area contributed by atoms with Gasteiger partial charge in [-0.15, -0.1) is 0 Å². The van der Waals surface area contributed by atoms with Gasteiger partial charge in [0.05, 0.1) is 12.0 Å². The Labute approximate surface area is 89.8 Å². The van der Waals surface area contributed by atoms with Crippen LogP contribution in [0.25, 0.3) is 0 Å². The molecule has 0 bridgehead atoms. The number of nitrogens with two attached hydrogens (primary N) is 1. The second-order valence-corrected chi connectivity index (χ2v) is 4.03. The van der Waals surface area contributed by atoms with E-state index in [0.29, 0.717) is 0 Å². The number of carbonyl (C=O) groups excluding carboxylic acids is 2. The van der Waals surface area contributed by atoms with Crippen molar-refractivity contribution in [2.24, 2.45) is 11.1 Å². The zero-order valence-electron chi connectivity index (χ0n) is 9.14. The zero-order chi connectivity index (χ0) is 11.3. The molecule has 0 atom stereocenters. The van der Waals surface area contributed by atoms with Crippen LogP contribution in [0.1, 0.15) is 26.2 Å². The molecule has 0 saturated carbocycles. The molecule has 0 spiro atoms. The summed E-state index contributed by atoms with van der Waals surface area (Å²) in [7, 11) is 0. The Morgan fingerprint density at radius 3 is 2.47 bits per heavy atom. The highest BCUT2D eigenvalue weighted by molar-refractivity contribution is 5.87. The normalized spacial score (nSPS) is 19.5. The summed E-state index contributed by atoms with van der Waals surface area (Å²) in [6, 6.07) is 0. The number of hydrogen-bond acceptors (Lipinski definition) is 3. The molecule has 86 valence electrons. The van der Waals surface area contributed by atoms with Crippen molar-refractivity contribution in [3.05, 3.63) is 0 Å². The summed E-state index contributed by atoms with van der Waals surface area (Å²) >= 11 is 0. The molecule has 0 radical (unpaired) electrons. The predicted molar refractivity (Wildman–Crippen MR) is 57.0 cm³/mol. The van der Waals surface area contributed by atoms with Gasteiger partial charge in [-0.05, 0) is 32.4 Å². The number of amides is 2. The second kappa shape index (κ2) is 5.11. The average molecular weight is 213 g/mol. The number of carbonyl (C=O) groups is 2. The van der Waals surface area contributed by atoms with Gasteiger partial charge in [-0.3, -0.25) is 9.59 Å². The smallest absolute Gasteiger partial charge is 0.236 e. The largest absolute Gasteiger partial charge is 0.368 e. The van der Waals surface area contributed by atoms with Crippen LogP contribution in [0.15, 0.2) is 0 Å². The van der Waals surface area contributed by atoms with Crippen LogP contribution in [0, 0.1) is 5.41 Å². The van der Waals surface area contributed by atoms with Crippen molar-refractivity contribution in [1.82, 2.24) is 10.6 Å². The van der Waals surface area contributed by atoms with Crippen LogP contribution >= 0.6 is 0 Å². The molecule has 5 nitrogen and oxygen atoms in total. The Kier molecular flexibility index (Phi) is 4.08. The van der Waals surface area contributed by atoms with E-state index in [1.165, 1.54) is 0 Å². The molecule has 0 aliphatic carbocycles. The lowest BCUT2D eigenvalue weighted by atomic mass is 9.76. The first-order valence-electron chi connectivity index (χ1n) is 5.38. The summed E-state index contributed by atoms with van der Waals surface area (Å²) in [4.78, 5) is 22.5. The van der Waals surface area contributed by atoms with E-state index in [4.69, 9.17) is 5.73 Å². The second-order valence-electron chi connectivity index (χ2n) is 4.03. The molecular weight excluding hydrogens is 194 g/mol. The first kappa shape index (κ1) is 12.0. The minimum atomic E-state index is -0.497. The monoisotopic (exact) mass is 213 g/mol. The third-order valence-electron chi connectivity index (χ3n) is 3.14. The highest BCUT2D eigenvalue weighted by Gasteiger charge is 2.37. The van der Waals surface area contributed by atoms with Crippen LogP contribution in [0.3, 0.4) is 0 Å². The zero-order valence-corrected chi connectivity index (χ0v) is 9.14. The third-order valence-corrected chi connectivity index (χ3v) is 3.14. The standard InChI is InChI=1S/C10H19N3O2/c1-2-10(3-5-12-6-4-10)9(15)13-7-8(11)14/h12H,2-7H2,1H3,(H2,11,14)(H,13,15). The van der Waals surface area contributed by atoms with Gasteiger partial charge >= 0.3 is 0 Å². The number of primary amides is 1. The minimum Gasteiger partial charge on any atom is -0.368 e. The third kappa shape index (κ3) is 2.92. The summed E-state index contributed by atoms with van der Waals surface area (Å²) in [5, 5.41) is 5.82. The van der Waals surface area contributed by atoms with Gasteiger partial charge in [0.25, 0.3) is 0 Å². The molecular formula is C10H19N3O2. The molecule has 0 unspecified atom stereocenters. The van der Waals surface area contributed by atoms with Crippen molar-refractivity contribution in [3.63, 3.8) is 0 Å². The van der Waals surface area contributed by atoms with Gasteiger partial charge in [-0.25, -0.2) is 0 Å². The average Bonchev–Trinajstić information content (AvgIpc) is 2.26. The summed E-state index contributed by atoms with van der Waals surface area (Å²) in [5.74, 6) is -0.533. The van der Waals surface area contributed by atoms with E-state index >= 15 is 0 Å². The van der Waals surface area contributed by atoms with Crippen molar-refractivity contribution >= 4 is 11.8 Å². The van der Waals surface area contributed by atoms with Crippen molar-refractivity contribution < 1.29 is 9.59 Å². The van der Waals surface area contributed by atoms with Gasteiger partial charge in [-0.2, -0.15) is 0 Å².